The molecule has 160 valence electrons. The summed E-state index contributed by atoms with van der Waals surface area (Å²) in [6, 6.07) is 0.504. The zero-order chi connectivity index (χ0) is 20.4. The average Bonchev–Trinajstić information content (AvgIpc) is 3.33. The van der Waals surface area contributed by atoms with Crippen LogP contribution < -0.4 is 5.32 Å². The summed E-state index contributed by atoms with van der Waals surface area (Å²) in [7, 11) is -3.49. The number of aliphatic imine (C=N–C) groups is 1. The second-order valence-corrected chi connectivity index (χ2v) is 9.46. The van der Waals surface area contributed by atoms with E-state index in [0.29, 0.717) is 29.7 Å². The molecule has 7 nitrogen and oxygen atoms in total. The van der Waals surface area contributed by atoms with Crippen molar-refractivity contribution in [3.8, 4) is 0 Å². The molecule has 0 amide bonds. The number of rotatable bonds is 4. The molecule has 0 aliphatic carbocycles. The van der Waals surface area contributed by atoms with Gasteiger partial charge in [0.25, 0.3) is 0 Å². The molecular formula is C17H28F3N5O2S. The van der Waals surface area contributed by atoms with Gasteiger partial charge in [0.15, 0.2) is 5.96 Å². The number of halogens is 3. The summed E-state index contributed by atoms with van der Waals surface area (Å²) in [6.07, 6.45) is 6.25. The van der Waals surface area contributed by atoms with Crippen molar-refractivity contribution in [3.05, 3.63) is 12.2 Å². The lowest BCUT2D eigenvalue weighted by atomic mass is 9.98. The van der Waals surface area contributed by atoms with Gasteiger partial charge in [0, 0.05) is 58.9 Å². The second kappa shape index (κ2) is 8.58. The van der Waals surface area contributed by atoms with Gasteiger partial charge in [0.2, 0.25) is 0 Å². The van der Waals surface area contributed by atoms with E-state index in [1.807, 2.05) is 0 Å². The van der Waals surface area contributed by atoms with Crippen LogP contribution in [0.15, 0.2) is 17.1 Å². The van der Waals surface area contributed by atoms with Gasteiger partial charge < -0.3 is 10.2 Å². The molecule has 0 spiro atoms. The van der Waals surface area contributed by atoms with E-state index in [2.05, 4.69) is 32.3 Å². The molecule has 0 aromatic rings. The minimum absolute atomic E-state index is 0.0967. The summed E-state index contributed by atoms with van der Waals surface area (Å²) in [5, 5.41) is 3.33. The van der Waals surface area contributed by atoms with Crippen molar-refractivity contribution in [1.29, 1.82) is 0 Å². The molecule has 3 heterocycles. The van der Waals surface area contributed by atoms with Crippen LogP contribution in [0.2, 0.25) is 0 Å². The first-order chi connectivity index (χ1) is 13.2. The van der Waals surface area contributed by atoms with E-state index in [-0.39, 0.29) is 19.0 Å². The van der Waals surface area contributed by atoms with Gasteiger partial charge in [-0.15, -0.1) is 0 Å². The lowest BCUT2D eigenvalue weighted by Gasteiger charge is -2.32. The van der Waals surface area contributed by atoms with Gasteiger partial charge in [0.05, 0.1) is 0 Å². The molecular weight excluding hydrogens is 395 g/mol. The Morgan fingerprint density at radius 2 is 1.79 bits per heavy atom. The molecule has 1 N–H and O–H groups in total. The van der Waals surface area contributed by atoms with E-state index in [1.165, 1.54) is 0 Å². The molecule has 0 radical (unpaired) electrons. The maximum atomic E-state index is 12.7. The summed E-state index contributed by atoms with van der Waals surface area (Å²) < 4.78 is 61.5. The van der Waals surface area contributed by atoms with E-state index in [1.54, 1.807) is 7.05 Å². The van der Waals surface area contributed by atoms with Crippen LogP contribution in [0.3, 0.4) is 0 Å². The first kappa shape index (κ1) is 21.4. The van der Waals surface area contributed by atoms with Gasteiger partial charge in [-0.05, 0) is 25.2 Å². The van der Waals surface area contributed by atoms with Crippen LogP contribution >= 0.6 is 0 Å². The lowest BCUT2D eigenvalue weighted by Crippen LogP contribution is -2.48. The van der Waals surface area contributed by atoms with Gasteiger partial charge >= 0.3 is 15.5 Å². The van der Waals surface area contributed by atoms with E-state index in [4.69, 9.17) is 0 Å². The van der Waals surface area contributed by atoms with Gasteiger partial charge in [-0.3, -0.25) is 9.89 Å². The molecule has 0 saturated carbocycles. The van der Waals surface area contributed by atoms with Crippen molar-refractivity contribution >= 4 is 16.0 Å². The molecule has 0 aromatic heterocycles. The normalized spacial score (nSPS) is 26.4. The maximum absolute atomic E-state index is 12.7. The number of nitrogens with one attached hydrogen (secondary N) is 1. The molecule has 2 saturated heterocycles. The number of hydrogen-bond donors (Lipinski definition) is 1. The average molecular weight is 424 g/mol. The third kappa shape index (κ3) is 4.62. The van der Waals surface area contributed by atoms with E-state index >= 15 is 0 Å². The van der Waals surface area contributed by atoms with Crippen molar-refractivity contribution in [3.63, 3.8) is 0 Å². The minimum Gasteiger partial charge on any atom is -0.356 e. The van der Waals surface area contributed by atoms with E-state index in [0.717, 1.165) is 38.6 Å². The summed E-state index contributed by atoms with van der Waals surface area (Å²) in [5.41, 5.74) is -5.22. The van der Waals surface area contributed by atoms with Crippen molar-refractivity contribution < 1.29 is 21.6 Å². The van der Waals surface area contributed by atoms with Crippen molar-refractivity contribution in [1.82, 2.24) is 19.4 Å². The number of likely N-dealkylation sites (tertiary alicyclic amines) is 1. The standard InChI is InChI=1S/C17H28F3N5O2S/c1-21-16(24-9-6-15(13-24)23-7-2-3-8-23)22-12-14-4-10-25(11-5-14)28(26,27)17(18,19)20/h2-3,14-15H,4-13H2,1H3,(H,21,22). The minimum atomic E-state index is -5.22. The van der Waals surface area contributed by atoms with Gasteiger partial charge in [-0.1, -0.05) is 12.2 Å². The fourth-order valence-corrected chi connectivity index (χ4v) is 5.08. The Morgan fingerprint density at radius 1 is 1.14 bits per heavy atom. The van der Waals surface area contributed by atoms with Crippen LogP contribution in [0.1, 0.15) is 19.3 Å². The number of hydrogen-bond acceptors (Lipinski definition) is 4. The third-order valence-corrected chi connectivity index (χ3v) is 7.42. The molecule has 0 aromatic carbocycles. The van der Waals surface area contributed by atoms with Crippen LogP contribution in [0.25, 0.3) is 0 Å². The predicted molar refractivity (Wildman–Crippen MR) is 101 cm³/mol. The first-order valence-corrected chi connectivity index (χ1v) is 11.1. The molecule has 28 heavy (non-hydrogen) atoms. The van der Waals surface area contributed by atoms with Crippen molar-refractivity contribution in [2.75, 3.05) is 52.9 Å². The van der Waals surface area contributed by atoms with Crippen LogP contribution in [0, 0.1) is 5.92 Å². The highest BCUT2D eigenvalue weighted by Gasteiger charge is 2.50. The maximum Gasteiger partial charge on any atom is 0.511 e. The molecule has 3 rings (SSSR count). The zero-order valence-electron chi connectivity index (χ0n) is 16.0. The lowest BCUT2D eigenvalue weighted by molar-refractivity contribution is -0.0496. The molecule has 3 aliphatic rings. The Kier molecular flexibility index (Phi) is 6.55. The summed E-state index contributed by atoms with van der Waals surface area (Å²) in [6.45, 7) is 4.20. The number of nitrogens with zero attached hydrogens (tertiary/aromatic N) is 4. The fraction of sp³-hybridized carbons (Fsp3) is 0.824. The molecule has 1 unspecified atom stereocenters. The molecule has 11 heteroatoms. The highest BCUT2D eigenvalue weighted by atomic mass is 32.2. The SMILES string of the molecule is CN=C(NCC1CCN(S(=O)(=O)C(F)(F)F)CC1)N1CCC(N2CC=CC2)C1. The van der Waals surface area contributed by atoms with Gasteiger partial charge in [-0.2, -0.15) is 17.5 Å². The number of sulfonamides is 1. The summed E-state index contributed by atoms with van der Waals surface area (Å²) >= 11 is 0. The Hall–Kier alpha value is -1.33. The fourth-order valence-electron chi connectivity index (χ4n) is 4.09. The monoisotopic (exact) mass is 423 g/mol. The largest absolute Gasteiger partial charge is 0.511 e. The number of guanidine groups is 1. The van der Waals surface area contributed by atoms with Crippen LogP contribution in [0.4, 0.5) is 13.2 Å². The van der Waals surface area contributed by atoms with Crippen molar-refractivity contribution in [2.24, 2.45) is 10.9 Å². The molecule has 0 bridgehead atoms. The summed E-state index contributed by atoms with van der Waals surface area (Å²) in [5.74, 6) is 0.928. The highest BCUT2D eigenvalue weighted by molar-refractivity contribution is 7.90. The van der Waals surface area contributed by atoms with E-state index < -0.39 is 15.5 Å². The molecule has 3 aliphatic heterocycles. The Morgan fingerprint density at radius 3 is 2.36 bits per heavy atom. The van der Waals surface area contributed by atoms with Gasteiger partial charge in [0.1, 0.15) is 0 Å². The highest BCUT2D eigenvalue weighted by Crippen LogP contribution is 2.30. The molecule has 2 fully saturated rings. The predicted octanol–water partition coefficient (Wildman–Crippen LogP) is 1.07. The van der Waals surface area contributed by atoms with Crippen LogP contribution in [-0.4, -0.2) is 92.9 Å². The van der Waals surface area contributed by atoms with Gasteiger partial charge in [-0.25, -0.2) is 8.42 Å². The summed E-state index contributed by atoms with van der Waals surface area (Å²) in [4.78, 5) is 8.99. The number of piperidine rings is 1. The van der Waals surface area contributed by atoms with E-state index in [9.17, 15) is 21.6 Å². The van der Waals surface area contributed by atoms with Crippen LogP contribution in [-0.2, 0) is 10.0 Å². The Labute approximate surface area is 164 Å². The first-order valence-electron chi connectivity index (χ1n) is 9.63. The zero-order valence-corrected chi connectivity index (χ0v) is 16.8. The Bertz CT molecular complexity index is 694. The topological polar surface area (TPSA) is 68.2 Å². The van der Waals surface area contributed by atoms with Crippen LogP contribution in [0.5, 0.6) is 0 Å². The quantitative estimate of drug-likeness (QED) is 0.416. The Balaban J connectivity index is 1.44. The van der Waals surface area contributed by atoms with Crippen molar-refractivity contribution in [2.45, 2.75) is 30.8 Å². The smallest absolute Gasteiger partial charge is 0.356 e. The molecule has 1 atom stereocenters. The second-order valence-electron chi connectivity index (χ2n) is 7.54. The third-order valence-electron chi connectivity index (χ3n) is 5.79. The number of alkyl halides is 3.